The van der Waals surface area contributed by atoms with E-state index in [0.29, 0.717) is 28.9 Å². The first kappa shape index (κ1) is 20.7. The third kappa shape index (κ3) is 3.07. The fourth-order valence-corrected chi connectivity index (χ4v) is 5.08. The molecule has 7 heteroatoms. The van der Waals surface area contributed by atoms with Gasteiger partial charge in [0.1, 0.15) is 23.5 Å². The zero-order valence-electron chi connectivity index (χ0n) is 16.8. The number of halogens is 1. The molecule has 3 aromatic heterocycles. The van der Waals surface area contributed by atoms with Gasteiger partial charge in [-0.05, 0) is 30.5 Å². The summed E-state index contributed by atoms with van der Waals surface area (Å²) < 4.78 is 3.98. The molecular weight excluding hydrogens is 509 g/mol. The van der Waals surface area contributed by atoms with Gasteiger partial charge in [0.15, 0.2) is 12.4 Å². The van der Waals surface area contributed by atoms with Crippen LogP contribution in [0.2, 0.25) is 0 Å². The molecule has 0 radical (unpaired) electrons. The Morgan fingerprint density at radius 1 is 1.17 bits per heavy atom. The van der Waals surface area contributed by atoms with Gasteiger partial charge < -0.3 is 33.7 Å². The molecule has 0 saturated carbocycles. The van der Waals surface area contributed by atoms with E-state index < -0.39 is 0 Å². The molecule has 0 fully saturated rings. The minimum atomic E-state index is -0.239. The van der Waals surface area contributed by atoms with Crippen LogP contribution in [0.5, 0.6) is 0 Å². The zero-order valence-corrected chi connectivity index (χ0v) is 19.8. The largest absolute Gasteiger partial charge is 1.00 e. The first-order valence-electron chi connectivity index (χ1n) is 9.44. The highest BCUT2D eigenvalue weighted by Gasteiger charge is 2.28. The smallest absolute Gasteiger partial charge is 0.282 e. The van der Waals surface area contributed by atoms with E-state index in [1.807, 2.05) is 68.2 Å². The molecule has 5 rings (SSSR count). The molecule has 5 nitrogen and oxygen atoms in total. The van der Waals surface area contributed by atoms with Crippen molar-refractivity contribution < 1.29 is 33.7 Å². The molecule has 0 spiro atoms. The zero-order chi connectivity index (χ0) is 20.3. The van der Waals surface area contributed by atoms with Gasteiger partial charge >= 0.3 is 0 Å². The maximum Gasteiger partial charge on any atom is 0.282 e. The van der Waals surface area contributed by atoms with Crippen molar-refractivity contribution in [3.8, 4) is 0 Å². The van der Waals surface area contributed by atoms with Crippen LogP contribution < -0.4 is 34.1 Å². The van der Waals surface area contributed by atoms with Crippen molar-refractivity contribution in [2.24, 2.45) is 7.05 Å². The molecule has 152 valence electrons. The average molecular weight is 529 g/mol. The van der Waals surface area contributed by atoms with Gasteiger partial charge in [0.2, 0.25) is 0 Å². The summed E-state index contributed by atoms with van der Waals surface area (Å²) in [5, 5.41) is 12.0. The number of hydrogen-bond acceptors (Lipinski definition) is 4. The second-order valence-electron chi connectivity index (χ2n) is 7.42. The number of thiophene rings is 1. The van der Waals surface area contributed by atoms with Gasteiger partial charge in [-0.2, -0.15) is 4.98 Å². The van der Waals surface area contributed by atoms with Crippen LogP contribution in [-0.4, -0.2) is 14.7 Å². The Bertz CT molecular complexity index is 1380. The van der Waals surface area contributed by atoms with E-state index in [1.54, 1.807) is 11.3 Å². The molecule has 1 aliphatic heterocycles. The molecule has 30 heavy (non-hydrogen) atoms. The molecule has 4 aromatic rings. The molecule has 0 aliphatic carbocycles. The number of nitrogens with zero attached hydrogens (tertiary/aromatic N) is 3. The Balaban J connectivity index is 0.00000218. The molecule has 1 aliphatic rings. The molecule has 0 bridgehead atoms. The summed E-state index contributed by atoms with van der Waals surface area (Å²) in [5.41, 5.74) is 4.05. The standard InChI is InChI=1S/C23H19N3O2S.HI/c1-13-14(2)29-23-18(13)22(28)24-21-19(20(27)15-8-10-25(3)11-9-15)17-7-5-4-6-16(17)12-26(21)23;/h4-11H,12H2,1-3H3;1H. The molecule has 1 aromatic carbocycles. The minimum absolute atomic E-state index is 0. The lowest BCUT2D eigenvalue weighted by molar-refractivity contribution is -0.671. The number of pyridine rings is 1. The number of benzene rings is 1. The van der Waals surface area contributed by atoms with Crippen molar-refractivity contribution in [3.63, 3.8) is 0 Å². The van der Waals surface area contributed by atoms with Gasteiger partial charge in [0.25, 0.3) is 5.56 Å². The summed E-state index contributed by atoms with van der Waals surface area (Å²) in [6.45, 7) is 4.62. The van der Waals surface area contributed by atoms with Crippen LogP contribution in [0.3, 0.4) is 0 Å². The number of hydrogen-bond donors (Lipinski definition) is 1. The van der Waals surface area contributed by atoms with Gasteiger partial charge in [-0.25, -0.2) is 4.57 Å². The van der Waals surface area contributed by atoms with E-state index >= 15 is 0 Å². The maximum absolute atomic E-state index is 12.9. The first-order valence-corrected chi connectivity index (χ1v) is 10.3. The Morgan fingerprint density at radius 2 is 1.87 bits per heavy atom. The number of fused-ring (bicyclic) bond motifs is 4. The van der Waals surface area contributed by atoms with E-state index in [4.69, 9.17) is 0 Å². The van der Waals surface area contributed by atoms with Gasteiger partial charge in [0.05, 0.1) is 17.5 Å². The lowest BCUT2D eigenvalue weighted by Crippen LogP contribution is -3.00. The summed E-state index contributed by atoms with van der Waals surface area (Å²) in [6.07, 6.45) is 3.77. The highest BCUT2D eigenvalue weighted by molar-refractivity contribution is 7.18. The van der Waals surface area contributed by atoms with Crippen molar-refractivity contribution in [2.75, 3.05) is 0 Å². The molecule has 1 N–H and O–H groups in total. The Kier molecular flexibility index (Phi) is 5.27. The minimum Gasteiger partial charge on any atom is -1.00 e. The van der Waals surface area contributed by atoms with Crippen LogP contribution in [0.4, 0.5) is 0 Å². The molecular formula is C23H20IN3O2S. The Morgan fingerprint density at radius 3 is 2.60 bits per heavy atom. The monoisotopic (exact) mass is 529 g/mol. The third-order valence-corrected chi connectivity index (χ3v) is 6.85. The van der Waals surface area contributed by atoms with Crippen LogP contribution in [0.1, 0.15) is 33.0 Å². The quantitative estimate of drug-likeness (QED) is 0.198. The van der Waals surface area contributed by atoms with Gasteiger partial charge in [-0.1, -0.05) is 24.3 Å². The van der Waals surface area contributed by atoms with Gasteiger partial charge in [-0.3, -0.25) is 4.79 Å². The topological polar surface area (TPSA) is 59.0 Å². The van der Waals surface area contributed by atoms with Crippen LogP contribution in [-0.2, 0) is 13.6 Å². The molecule has 4 heterocycles. The number of rotatable bonds is 1. The fraction of sp³-hybridized carbons (Fsp3) is 0.174. The summed E-state index contributed by atoms with van der Waals surface area (Å²) in [4.78, 5) is 19.4. The molecule has 0 saturated heterocycles. The van der Waals surface area contributed by atoms with Crippen molar-refractivity contribution in [1.82, 2.24) is 9.55 Å². The number of aryl methyl sites for hydroxylation is 3. The molecule has 0 unspecified atom stereocenters. The van der Waals surface area contributed by atoms with E-state index in [1.165, 1.54) is 0 Å². The van der Waals surface area contributed by atoms with E-state index in [0.717, 1.165) is 26.4 Å². The predicted octanol–water partition coefficient (Wildman–Crippen LogP) is 0.740. The van der Waals surface area contributed by atoms with E-state index in [9.17, 15) is 9.90 Å². The van der Waals surface area contributed by atoms with Crippen LogP contribution in [0, 0.1) is 13.8 Å². The van der Waals surface area contributed by atoms with Gasteiger partial charge in [-0.15, -0.1) is 11.3 Å². The second-order valence-corrected chi connectivity index (χ2v) is 8.63. The molecule has 0 amide bonds. The van der Waals surface area contributed by atoms with Crippen LogP contribution in [0.25, 0.3) is 21.5 Å². The number of aliphatic hydroxyl groups is 1. The normalized spacial score (nSPS) is 14.1. The highest BCUT2D eigenvalue weighted by atomic mass is 127. The lowest BCUT2D eigenvalue weighted by Gasteiger charge is -2.25. The van der Waals surface area contributed by atoms with E-state index in [-0.39, 0.29) is 35.3 Å². The molecule has 0 atom stereocenters. The Hall–Kier alpha value is -2.52. The number of aromatic nitrogens is 3. The SMILES string of the molecule is Cc1sc2c(c1C)c(=O)nc1n2Cc2ccccc2/C1=C(/O)c1cc[n+](C)cc1.[I-]. The Labute approximate surface area is 195 Å². The van der Waals surface area contributed by atoms with Crippen molar-refractivity contribution >= 4 is 32.9 Å². The van der Waals surface area contributed by atoms with Gasteiger partial charge in [0, 0.05) is 22.6 Å². The van der Waals surface area contributed by atoms with Crippen molar-refractivity contribution in [2.45, 2.75) is 20.4 Å². The third-order valence-electron chi connectivity index (χ3n) is 5.62. The highest BCUT2D eigenvalue weighted by Crippen LogP contribution is 2.38. The summed E-state index contributed by atoms with van der Waals surface area (Å²) in [6, 6.07) is 11.7. The summed E-state index contributed by atoms with van der Waals surface area (Å²) in [5.74, 6) is 0.649. The maximum atomic E-state index is 12.9. The fourth-order valence-electron chi connectivity index (χ4n) is 3.93. The van der Waals surface area contributed by atoms with Crippen molar-refractivity contribution in [3.05, 3.63) is 92.1 Å². The predicted molar refractivity (Wildman–Crippen MR) is 115 cm³/mol. The van der Waals surface area contributed by atoms with Crippen LogP contribution in [0.15, 0.2) is 53.6 Å². The van der Waals surface area contributed by atoms with Crippen molar-refractivity contribution in [1.29, 1.82) is 0 Å². The van der Waals surface area contributed by atoms with Crippen LogP contribution >= 0.6 is 11.3 Å². The summed E-state index contributed by atoms with van der Waals surface area (Å²) in [7, 11) is 1.93. The first-order chi connectivity index (χ1) is 14.0. The average Bonchev–Trinajstić information content (AvgIpc) is 3.02. The second kappa shape index (κ2) is 7.63. The summed E-state index contributed by atoms with van der Waals surface area (Å²) >= 11 is 1.61. The number of aliphatic hydroxyl groups excluding tert-OH is 1. The lowest BCUT2D eigenvalue weighted by atomic mass is 9.92. The van der Waals surface area contributed by atoms with E-state index in [2.05, 4.69) is 15.6 Å².